The van der Waals surface area contributed by atoms with Crippen molar-refractivity contribution in [2.24, 2.45) is 11.8 Å². The quantitative estimate of drug-likeness (QED) is 0.0815. The first kappa shape index (κ1) is 51.6. The number of rotatable bonds is 15. The SMILES string of the molecule is C[C@H](C#N)CNc1cc(-c2cc(C#N)ccc2-c2nncn2CCn2cnnc2-c2cc(CO)ccc2-c2cc(N[C@H]3C[C@@H]3C)nc(N3Cc4c(cccc4C(F)(F)F)C3=O)c2)cc(N2Cc3c(cccc3C(F)(F)F)C2=O)n1. The minimum absolute atomic E-state index is 0.0149. The highest BCUT2D eigenvalue weighted by Gasteiger charge is 2.42. The number of aliphatic hydroxyl groups is 1. The monoisotopic (exact) mass is 1070 g/mol. The fourth-order valence-corrected chi connectivity index (χ4v) is 10.0. The van der Waals surface area contributed by atoms with Crippen molar-refractivity contribution in [3.8, 4) is 57.2 Å². The molecule has 79 heavy (non-hydrogen) atoms. The van der Waals surface area contributed by atoms with E-state index in [4.69, 9.17) is 4.98 Å². The predicted molar refractivity (Wildman–Crippen MR) is 276 cm³/mol. The minimum atomic E-state index is -4.73. The summed E-state index contributed by atoms with van der Waals surface area (Å²) in [4.78, 5) is 39.5. The second kappa shape index (κ2) is 20.1. The van der Waals surface area contributed by atoms with Gasteiger partial charge in [-0.15, -0.1) is 20.4 Å². The molecule has 3 N–H and O–H groups in total. The molecule has 23 heteroatoms. The fourth-order valence-electron chi connectivity index (χ4n) is 10.0. The number of carbonyl (C=O) groups excluding carboxylic acids is 2. The molecule has 6 heterocycles. The number of halogens is 6. The Hall–Kier alpha value is -9.48. The van der Waals surface area contributed by atoms with Crippen LogP contribution in [0.2, 0.25) is 0 Å². The number of carbonyl (C=O) groups is 2. The molecular weight excluding hydrogens is 1030 g/mol. The van der Waals surface area contributed by atoms with Gasteiger partial charge in [-0.05, 0) is 131 Å². The Kier molecular flexibility index (Phi) is 13.2. The van der Waals surface area contributed by atoms with Crippen LogP contribution in [0.1, 0.15) is 74.4 Å². The third kappa shape index (κ3) is 9.95. The van der Waals surface area contributed by atoms with E-state index < -0.39 is 47.8 Å². The summed E-state index contributed by atoms with van der Waals surface area (Å²) in [5.41, 5.74) is 1.42. The largest absolute Gasteiger partial charge is 0.416 e. The Morgan fingerprint density at radius 3 is 1.77 bits per heavy atom. The van der Waals surface area contributed by atoms with E-state index in [1.165, 1.54) is 41.8 Å². The third-order valence-corrected chi connectivity index (χ3v) is 14.3. The number of hydrogen-bond acceptors (Lipinski definition) is 13. The summed E-state index contributed by atoms with van der Waals surface area (Å²) in [7, 11) is 0. The van der Waals surface area contributed by atoms with E-state index in [2.05, 4.69) is 55.1 Å². The van der Waals surface area contributed by atoms with Crippen LogP contribution in [-0.2, 0) is 45.1 Å². The van der Waals surface area contributed by atoms with E-state index in [0.29, 0.717) is 62.3 Å². The van der Waals surface area contributed by atoms with Gasteiger partial charge >= 0.3 is 12.4 Å². The van der Waals surface area contributed by atoms with Crippen LogP contribution in [-0.4, -0.2) is 69.0 Å². The molecule has 0 radical (unpaired) electrons. The molecule has 1 fully saturated rings. The maximum absolute atomic E-state index is 14.2. The lowest BCUT2D eigenvalue weighted by molar-refractivity contribution is -0.139. The summed E-state index contributed by atoms with van der Waals surface area (Å²) in [6.45, 7) is 3.21. The number of anilines is 4. The van der Waals surface area contributed by atoms with Crippen LogP contribution in [0, 0.1) is 34.5 Å². The standard InChI is InChI=1S/C56H44F6N14O3/c1-30(22-63)24-65-47-18-35(21-49(69-47)75-25-42-38(53(75)78)5-3-7-44(42)55(57,58)59)40-16-32(23-64)9-12-37(40)51-71-66-28-73(51)13-14-74-29-67-72-52(74)41-17-33(27-77)10-11-36(41)34-19-48(68-46-15-31(46)2)70-50(20-34)76-26-43-39(54(76)79)6-4-8-45(43)56(60,61)62/h3-12,16-21,28-31,46,77H,13-15,24-27H2,1-2H3,(H,65,69)(H,68,70)/t30-,31+,46+/m1/s1. The van der Waals surface area contributed by atoms with Gasteiger partial charge in [0.2, 0.25) is 0 Å². The second-order valence-corrected chi connectivity index (χ2v) is 19.6. The number of nitrogens with one attached hydrogen (secondary N) is 2. The molecule has 3 aliphatic rings. The maximum Gasteiger partial charge on any atom is 0.416 e. The first-order valence-electron chi connectivity index (χ1n) is 24.9. The lowest BCUT2D eigenvalue weighted by atomic mass is 9.97. The normalized spacial score (nSPS) is 16.1. The molecule has 4 aromatic heterocycles. The Morgan fingerprint density at radius 1 is 0.684 bits per heavy atom. The minimum Gasteiger partial charge on any atom is -0.392 e. The van der Waals surface area contributed by atoms with E-state index in [-0.39, 0.29) is 84.1 Å². The second-order valence-electron chi connectivity index (χ2n) is 19.6. The maximum atomic E-state index is 14.2. The Labute approximate surface area is 446 Å². The van der Waals surface area contributed by atoms with Gasteiger partial charge in [0.25, 0.3) is 11.8 Å². The average molecular weight is 1080 g/mol. The van der Waals surface area contributed by atoms with Crippen molar-refractivity contribution in [1.29, 1.82) is 10.5 Å². The van der Waals surface area contributed by atoms with E-state index in [1.54, 1.807) is 76.7 Å². The van der Waals surface area contributed by atoms with Crippen molar-refractivity contribution in [3.63, 3.8) is 0 Å². The van der Waals surface area contributed by atoms with Crippen molar-refractivity contribution in [2.75, 3.05) is 27.0 Å². The molecule has 3 atom stereocenters. The summed E-state index contributed by atoms with van der Waals surface area (Å²) in [6, 6.07) is 28.1. The van der Waals surface area contributed by atoms with Gasteiger partial charge < -0.3 is 24.9 Å². The third-order valence-electron chi connectivity index (χ3n) is 14.3. The summed E-state index contributed by atoms with van der Waals surface area (Å²) in [5, 5.41) is 54.2. The lowest BCUT2D eigenvalue weighted by Crippen LogP contribution is -2.24. The molecule has 8 aromatic rings. The molecule has 1 aliphatic carbocycles. The van der Waals surface area contributed by atoms with Crippen molar-refractivity contribution in [3.05, 3.63) is 154 Å². The van der Waals surface area contributed by atoms with E-state index >= 15 is 0 Å². The molecule has 11 rings (SSSR count). The van der Waals surface area contributed by atoms with Gasteiger partial charge in [-0.25, -0.2) is 9.97 Å². The highest BCUT2D eigenvalue weighted by Crippen LogP contribution is 2.44. The van der Waals surface area contributed by atoms with Crippen molar-refractivity contribution >= 4 is 35.1 Å². The van der Waals surface area contributed by atoms with E-state index in [1.807, 2.05) is 0 Å². The zero-order chi connectivity index (χ0) is 55.5. The van der Waals surface area contributed by atoms with Crippen LogP contribution in [0.15, 0.2) is 110 Å². The summed E-state index contributed by atoms with van der Waals surface area (Å²) in [6.07, 6.45) is -5.52. The van der Waals surface area contributed by atoms with Gasteiger partial charge in [0.15, 0.2) is 11.6 Å². The molecule has 0 unspecified atom stereocenters. The highest BCUT2D eigenvalue weighted by atomic mass is 19.4. The van der Waals surface area contributed by atoms with Crippen molar-refractivity contribution in [1.82, 2.24) is 39.5 Å². The number of hydrogen-bond donors (Lipinski definition) is 3. The summed E-state index contributed by atoms with van der Waals surface area (Å²) >= 11 is 0. The zero-order valence-electron chi connectivity index (χ0n) is 42.0. The van der Waals surface area contributed by atoms with Crippen LogP contribution in [0.25, 0.3) is 45.0 Å². The van der Waals surface area contributed by atoms with Gasteiger partial charge in [0.05, 0.1) is 54.4 Å². The number of alkyl halides is 6. The lowest BCUT2D eigenvalue weighted by Gasteiger charge is -2.20. The van der Waals surface area contributed by atoms with Gasteiger partial charge in [-0.1, -0.05) is 31.2 Å². The number of aromatic nitrogens is 8. The Bertz CT molecular complexity index is 3840. The molecule has 17 nitrogen and oxygen atoms in total. The molecule has 2 aliphatic heterocycles. The van der Waals surface area contributed by atoms with Crippen LogP contribution >= 0.6 is 0 Å². The van der Waals surface area contributed by atoms with Crippen LogP contribution in [0.5, 0.6) is 0 Å². The highest BCUT2D eigenvalue weighted by molar-refractivity contribution is 6.11. The molecular formula is C56H44F6N14O3. The van der Waals surface area contributed by atoms with E-state index in [0.717, 1.165) is 23.5 Å². The molecule has 0 bridgehead atoms. The number of aliphatic hydroxyl groups excluding tert-OH is 1. The summed E-state index contributed by atoms with van der Waals surface area (Å²) in [5.74, 6) is 0.0116. The number of aryl methyl sites for hydroxylation is 2. The molecule has 398 valence electrons. The van der Waals surface area contributed by atoms with Gasteiger partial charge in [-0.2, -0.15) is 36.9 Å². The summed E-state index contributed by atoms with van der Waals surface area (Å²) < 4.78 is 88.7. The molecule has 0 spiro atoms. The molecule has 1 saturated carbocycles. The van der Waals surface area contributed by atoms with Gasteiger partial charge in [-0.3, -0.25) is 19.4 Å². The molecule has 4 aromatic carbocycles. The fraction of sp³-hybridized carbons (Fsp3) is 0.250. The first-order valence-corrected chi connectivity index (χ1v) is 24.9. The number of amides is 2. The number of nitrogens with zero attached hydrogens (tertiary/aromatic N) is 12. The van der Waals surface area contributed by atoms with Crippen LogP contribution in [0.4, 0.5) is 49.6 Å². The smallest absolute Gasteiger partial charge is 0.392 e. The number of nitriles is 2. The molecule has 2 amide bonds. The predicted octanol–water partition coefficient (Wildman–Crippen LogP) is 10.1. The van der Waals surface area contributed by atoms with Gasteiger partial charge in [0, 0.05) is 47.9 Å². The van der Waals surface area contributed by atoms with Crippen molar-refractivity contribution in [2.45, 2.75) is 71.4 Å². The molecule has 0 saturated heterocycles. The first-order chi connectivity index (χ1) is 37.9. The Morgan fingerprint density at radius 2 is 1.23 bits per heavy atom. The number of fused-ring (bicyclic) bond motifs is 2. The Balaban J connectivity index is 0.935. The topological polar surface area (TPSA) is 220 Å². The van der Waals surface area contributed by atoms with Crippen molar-refractivity contribution < 1.29 is 41.0 Å². The van der Waals surface area contributed by atoms with Crippen LogP contribution < -0.4 is 20.4 Å². The van der Waals surface area contributed by atoms with Gasteiger partial charge in [0.1, 0.15) is 35.9 Å². The average Bonchev–Trinajstić information content (AvgIpc) is 4.04. The van der Waals surface area contributed by atoms with E-state index in [9.17, 15) is 51.6 Å². The van der Waals surface area contributed by atoms with Crippen LogP contribution in [0.3, 0.4) is 0 Å². The number of pyridine rings is 2. The zero-order valence-corrected chi connectivity index (χ0v) is 42.0. The number of benzene rings is 4.